The predicted molar refractivity (Wildman–Crippen MR) is 96.9 cm³/mol. The summed E-state index contributed by atoms with van der Waals surface area (Å²) in [7, 11) is 0. The van der Waals surface area contributed by atoms with Crippen LogP contribution in [-0.4, -0.2) is 23.2 Å². The lowest BCUT2D eigenvalue weighted by Crippen LogP contribution is -2.33. The number of hydrogen-bond donors (Lipinski definition) is 3. The minimum atomic E-state index is -0.752. The monoisotopic (exact) mass is 391 g/mol. The van der Waals surface area contributed by atoms with Crippen molar-refractivity contribution in [2.75, 3.05) is 11.9 Å². The van der Waals surface area contributed by atoms with Crippen LogP contribution in [0, 0.1) is 0 Å². The van der Waals surface area contributed by atoms with Crippen LogP contribution in [0.3, 0.4) is 0 Å². The number of nitrogens with two attached hydrogens (primary N) is 1. The molecule has 1 aromatic carbocycles. The molecule has 0 aromatic heterocycles. The van der Waals surface area contributed by atoms with Gasteiger partial charge >= 0.3 is 0 Å². The number of guanidine groups is 1. The lowest BCUT2D eigenvalue weighted by Gasteiger charge is -2.22. The Labute approximate surface area is 138 Å². The molecule has 4 N–H and O–H groups in total. The molecule has 0 saturated heterocycles. The molecule has 0 atom stereocenters. The Kier molecular flexibility index (Phi) is 8.80. The van der Waals surface area contributed by atoms with Gasteiger partial charge in [-0.2, -0.15) is 0 Å². The first-order valence-corrected chi connectivity index (χ1v) is 6.91. The van der Waals surface area contributed by atoms with E-state index < -0.39 is 5.60 Å². The summed E-state index contributed by atoms with van der Waals surface area (Å²) in [6.07, 6.45) is 2.33. The van der Waals surface area contributed by atoms with Gasteiger partial charge in [0.25, 0.3) is 0 Å². The third-order valence-corrected chi connectivity index (χ3v) is 3.47. The second-order valence-corrected chi connectivity index (χ2v) is 4.81. The Morgan fingerprint density at radius 2 is 1.95 bits per heavy atom. The summed E-state index contributed by atoms with van der Waals surface area (Å²) in [5.41, 5.74) is 7.26. The van der Waals surface area contributed by atoms with E-state index in [4.69, 9.17) is 5.73 Å². The fourth-order valence-electron chi connectivity index (χ4n) is 1.76. The molecule has 0 aliphatic heterocycles. The van der Waals surface area contributed by atoms with Gasteiger partial charge in [0, 0.05) is 5.69 Å². The maximum Gasteiger partial charge on any atom is 0.193 e. The summed E-state index contributed by atoms with van der Waals surface area (Å²) in [5, 5.41) is 13.2. The number of anilines is 1. The normalized spacial score (nSPS) is 11.9. The highest BCUT2D eigenvalue weighted by Crippen LogP contribution is 2.15. The molecule has 0 saturated carbocycles. The molecule has 0 heterocycles. The molecule has 0 spiro atoms. The molecular formula is C15H26IN3O. The molecule has 0 aliphatic carbocycles. The van der Waals surface area contributed by atoms with Gasteiger partial charge in [0.2, 0.25) is 0 Å². The highest BCUT2D eigenvalue weighted by Gasteiger charge is 2.21. The largest absolute Gasteiger partial charge is 0.388 e. The summed E-state index contributed by atoms with van der Waals surface area (Å²) in [4.78, 5) is 4.22. The number of nitrogens with one attached hydrogen (secondary N) is 1. The quantitative estimate of drug-likeness (QED) is 0.396. The first-order chi connectivity index (χ1) is 9.03. The van der Waals surface area contributed by atoms with Crippen molar-refractivity contribution in [1.82, 2.24) is 0 Å². The van der Waals surface area contributed by atoms with Crippen molar-refractivity contribution in [2.24, 2.45) is 10.7 Å². The van der Waals surface area contributed by atoms with E-state index in [-0.39, 0.29) is 24.0 Å². The Morgan fingerprint density at radius 3 is 2.50 bits per heavy atom. The molecule has 0 bridgehead atoms. The van der Waals surface area contributed by atoms with Gasteiger partial charge in [-0.25, -0.2) is 0 Å². The zero-order valence-corrected chi connectivity index (χ0v) is 14.8. The van der Waals surface area contributed by atoms with Crippen LogP contribution < -0.4 is 11.1 Å². The lowest BCUT2D eigenvalue weighted by molar-refractivity contribution is 0.0419. The first-order valence-electron chi connectivity index (χ1n) is 6.91. The number of rotatable bonds is 6. The smallest absolute Gasteiger partial charge is 0.193 e. The van der Waals surface area contributed by atoms with Gasteiger partial charge in [0.05, 0.1) is 12.1 Å². The van der Waals surface area contributed by atoms with E-state index >= 15 is 0 Å². The topological polar surface area (TPSA) is 70.6 Å². The van der Waals surface area contributed by atoms with Crippen LogP contribution in [0.2, 0.25) is 0 Å². The van der Waals surface area contributed by atoms with Gasteiger partial charge in [-0.15, -0.1) is 24.0 Å². The molecule has 0 aliphatic rings. The van der Waals surface area contributed by atoms with Gasteiger partial charge in [0.1, 0.15) is 0 Å². The van der Waals surface area contributed by atoms with Crippen molar-refractivity contribution in [1.29, 1.82) is 0 Å². The van der Waals surface area contributed by atoms with Crippen molar-refractivity contribution >= 4 is 35.6 Å². The number of benzene rings is 1. The van der Waals surface area contributed by atoms with E-state index in [1.54, 1.807) is 0 Å². The van der Waals surface area contributed by atoms with Crippen LogP contribution in [0.4, 0.5) is 5.69 Å². The molecule has 1 rings (SSSR count). The minimum absolute atomic E-state index is 0. The average Bonchev–Trinajstić information content (AvgIpc) is 2.45. The third kappa shape index (κ3) is 6.09. The Hall–Kier alpha value is -0.820. The number of aliphatic hydroxyl groups is 1. The second-order valence-electron chi connectivity index (χ2n) is 4.81. The average molecular weight is 391 g/mol. The predicted octanol–water partition coefficient (Wildman–Crippen LogP) is 3.14. The molecule has 1 aromatic rings. The molecule has 114 valence electrons. The highest BCUT2D eigenvalue weighted by molar-refractivity contribution is 14.0. The van der Waals surface area contributed by atoms with E-state index in [2.05, 4.69) is 23.3 Å². The number of halogens is 1. The third-order valence-electron chi connectivity index (χ3n) is 3.47. The molecule has 0 unspecified atom stereocenters. The Balaban J connectivity index is 0.00000361. The van der Waals surface area contributed by atoms with Crippen molar-refractivity contribution in [2.45, 2.75) is 45.6 Å². The van der Waals surface area contributed by atoms with Crippen LogP contribution in [0.25, 0.3) is 0 Å². The summed E-state index contributed by atoms with van der Waals surface area (Å²) >= 11 is 0. The molecule has 0 amide bonds. The minimum Gasteiger partial charge on any atom is -0.388 e. The van der Waals surface area contributed by atoms with Crippen LogP contribution >= 0.6 is 24.0 Å². The van der Waals surface area contributed by atoms with Gasteiger partial charge in [-0.05, 0) is 37.0 Å². The summed E-state index contributed by atoms with van der Waals surface area (Å²) in [5.74, 6) is 0.341. The lowest BCUT2D eigenvalue weighted by atomic mass is 9.98. The van der Waals surface area contributed by atoms with E-state index in [9.17, 15) is 5.11 Å². The molecular weight excluding hydrogens is 365 g/mol. The SMILES string of the molecule is CCc1cccc(NC(N)=NCC(O)(CC)CC)c1.I. The zero-order chi connectivity index (χ0) is 14.3. The fraction of sp³-hybridized carbons (Fsp3) is 0.533. The number of aryl methyl sites for hydroxylation is 1. The van der Waals surface area contributed by atoms with Gasteiger partial charge in [-0.1, -0.05) is 32.9 Å². The van der Waals surface area contributed by atoms with Crippen LogP contribution in [0.5, 0.6) is 0 Å². The molecule has 0 fully saturated rings. The second kappa shape index (κ2) is 9.18. The van der Waals surface area contributed by atoms with Crippen LogP contribution in [-0.2, 0) is 6.42 Å². The number of nitrogens with zero attached hydrogens (tertiary/aromatic N) is 1. The highest BCUT2D eigenvalue weighted by atomic mass is 127. The summed E-state index contributed by atoms with van der Waals surface area (Å²) < 4.78 is 0. The van der Waals surface area contributed by atoms with Crippen molar-refractivity contribution in [3.63, 3.8) is 0 Å². The van der Waals surface area contributed by atoms with Crippen molar-refractivity contribution < 1.29 is 5.11 Å². The summed E-state index contributed by atoms with van der Waals surface area (Å²) in [6.45, 7) is 6.34. The maximum atomic E-state index is 10.1. The standard InChI is InChI=1S/C15H25N3O.HI/c1-4-12-8-7-9-13(10-12)18-14(16)17-11-15(19,5-2)6-3;/h7-10,19H,4-6,11H2,1-3H3,(H3,16,17,18);1H. The van der Waals surface area contributed by atoms with Gasteiger partial charge < -0.3 is 16.2 Å². The number of aliphatic imine (C=N–C) groups is 1. The molecule has 4 nitrogen and oxygen atoms in total. The van der Waals surface area contributed by atoms with E-state index in [1.165, 1.54) is 5.56 Å². The van der Waals surface area contributed by atoms with E-state index in [1.807, 2.05) is 32.0 Å². The van der Waals surface area contributed by atoms with Crippen LogP contribution in [0.15, 0.2) is 29.3 Å². The van der Waals surface area contributed by atoms with Gasteiger partial charge in [0.15, 0.2) is 5.96 Å². The maximum absolute atomic E-state index is 10.1. The van der Waals surface area contributed by atoms with Gasteiger partial charge in [-0.3, -0.25) is 4.99 Å². The number of hydrogen-bond acceptors (Lipinski definition) is 2. The van der Waals surface area contributed by atoms with Crippen LogP contribution in [0.1, 0.15) is 39.2 Å². The summed E-state index contributed by atoms with van der Waals surface area (Å²) in [6, 6.07) is 8.07. The Morgan fingerprint density at radius 1 is 1.30 bits per heavy atom. The van der Waals surface area contributed by atoms with E-state index in [0.29, 0.717) is 25.3 Å². The van der Waals surface area contributed by atoms with E-state index in [0.717, 1.165) is 12.1 Å². The zero-order valence-electron chi connectivity index (χ0n) is 12.5. The molecule has 0 radical (unpaired) electrons. The Bertz CT molecular complexity index is 431. The van der Waals surface area contributed by atoms with Crippen molar-refractivity contribution in [3.8, 4) is 0 Å². The molecule has 20 heavy (non-hydrogen) atoms. The first kappa shape index (κ1) is 19.2. The molecule has 5 heteroatoms. The van der Waals surface area contributed by atoms with Crippen molar-refractivity contribution in [3.05, 3.63) is 29.8 Å². The fourth-order valence-corrected chi connectivity index (χ4v) is 1.76.